The van der Waals surface area contributed by atoms with E-state index in [1.54, 1.807) is 0 Å². The predicted molar refractivity (Wildman–Crippen MR) is 81.6 cm³/mol. The maximum Gasteiger partial charge on any atom is 0.00401 e. The largest absolute Gasteiger partial charge is 0.143 e. The fourth-order valence-electron chi connectivity index (χ4n) is 1.97. The molecular weight excluding hydrogens is 236 g/mol. The summed E-state index contributed by atoms with van der Waals surface area (Å²) in [5, 5.41) is 0. The maximum absolute atomic E-state index is 4.30. The van der Waals surface area contributed by atoms with Crippen LogP contribution in [0.4, 0.5) is 0 Å². The van der Waals surface area contributed by atoms with Crippen molar-refractivity contribution in [3.8, 4) is 0 Å². The van der Waals surface area contributed by atoms with Crippen LogP contribution in [0.2, 0.25) is 0 Å². The van der Waals surface area contributed by atoms with Gasteiger partial charge in [-0.2, -0.15) is 0 Å². The highest BCUT2D eigenvalue weighted by Gasteiger charge is 2.12. The summed E-state index contributed by atoms with van der Waals surface area (Å²) in [4.78, 5) is 1.02. The maximum atomic E-state index is 4.30. The van der Waals surface area contributed by atoms with Crippen molar-refractivity contribution in [1.82, 2.24) is 0 Å². The van der Waals surface area contributed by atoms with E-state index < -0.39 is 0 Å². The molecule has 0 saturated carbocycles. The summed E-state index contributed by atoms with van der Waals surface area (Å²) in [5.74, 6) is 0. The molecule has 2 rings (SSSR count). The molecule has 0 aliphatic rings. The van der Waals surface area contributed by atoms with Gasteiger partial charge in [0.15, 0.2) is 0 Å². The standard InChI is InChI=1S/C17H20S/c1-17(2,3)15-8-4-13(5-9-15)12-14-6-10-16(18)11-7-14/h4-11,18H,12H2,1-3H3. The molecule has 0 fully saturated rings. The molecule has 0 atom stereocenters. The van der Waals surface area contributed by atoms with Gasteiger partial charge in [0.25, 0.3) is 0 Å². The Morgan fingerprint density at radius 3 is 1.67 bits per heavy atom. The van der Waals surface area contributed by atoms with Crippen LogP contribution in [0.3, 0.4) is 0 Å². The van der Waals surface area contributed by atoms with Crippen LogP contribution in [-0.2, 0) is 11.8 Å². The van der Waals surface area contributed by atoms with Gasteiger partial charge in [-0.25, -0.2) is 0 Å². The number of rotatable bonds is 2. The molecule has 0 nitrogen and oxygen atoms in total. The van der Waals surface area contributed by atoms with Crippen molar-refractivity contribution >= 4 is 12.6 Å². The summed E-state index contributed by atoms with van der Waals surface area (Å²) in [7, 11) is 0. The van der Waals surface area contributed by atoms with E-state index in [0.29, 0.717) is 0 Å². The summed E-state index contributed by atoms with van der Waals surface area (Å²) in [6.07, 6.45) is 0.985. The van der Waals surface area contributed by atoms with Gasteiger partial charge >= 0.3 is 0 Å². The zero-order valence-corrected chi connectivity index (χ0v) is 12.2. The summed E-state index contributed by atoms with van der Waals surface area (Å²) >= 11 is 4.30. The van der Waals surface area contributed by atoms with Crippen molar-refractivity contribution in [2.45, 2.75) is 37.5 Å². The number of thiol groups is 1. The van der Waals surface area contributed by atoms with Crippen molar-refractivity contribution in [2.75, 3.05) is 0 Å². The lowest BCUT2D eigenvalue weighted by atomic mass is 9.86. The molecule has 0 aliphatic heterocycles. The second-order valence-electron chi connectivity index (χ2n) is 5.79. The minimum Gasteiger partial charge on any atom is -0.143 e. The second-order valence-corrected chi connectivity index (χ2v) is 6.31. The van der Waals surface area contributed by atoms with Crippen LogP contribution in [0.15, 0.2) is 53.4 Å². The van der Waals surface area contributed by atoms with Gasteiger partial charge < -0.3 is 0 Å². The molecule has 0 aliphatic carbocycles. The minimum absolute atomic E-state index is 0.228. The fraction of sp³-hybridized carbons (Fsp3) is 0.294. The number of benzene rings is 2. The van der Waals surface area contributed by atoms with E-state index in [2.05, 4.69) is 69.8 Å². The molecular formula is C17H20S. The smallest absolute Gasteiger partial charge is 0.00401 e. The van der Waals surface area contributed by atoms with Gasteiger partial charge in [0.2, 0.25) is 0 Å². The van der Waals surface area contributed by atoms with Crippen molar-refractivity contribution in [2.24, 2.45) is 0 Å². The summed E-state index contributed by atoms with van der Waals surface area (Å²) in [5.41, 5.74) is 4.30. The third-order valence-electron chi connectivity index (χ3n) is 3.16. The first-order valence-electron chi connectivity index (χ1n) is 6.32. The Balaban J connectivity index is 2.13. The minimum atomic E-state index is 0.228. The van der Waals surface area contributed by atoms with E-state index in [9.17, 15) is 0 Å². The molecule has 0 spiro atoms. The Morgan fingerprint density at radius 1 is 0.778 bits per heavy atom. The van der Waals surface area contributed by atoms with Crippen LogP contribution in [0, 0.1) is 0 Å². The monoisotopic (exact) mass is 256 g/mol. The van der Waals surface area contributed by atoms with E-state index in [-0.39, 0.29) is 5.41 Å². The van der Waals surface area contributed by atoms with Crippen LogP contribution in [0.25, 0.3) is 0 Å². The SMILES string of the molecule is CC(C)(C)c1ccc(Cc2ccc(S)cc2)cc1. The van der Waals surface area contributed by atoms with Gasteiger partial charge in [-0.1, -0.05) is 57.2 Å². The van der Waals surface area contributed by atoms with E-state index in [1.807, 2.05) is 12.1 Å². The van der Waals surface area contributed by atoms with Crippen LogP contribution in [-0.4, -0.2) is 0 Å². The Morgan fingerprint density at radius 2 is 1.22 bits per heavy atom. The molecule has 0 bridgehead atoms. The highest BCUT2D eigenvalue weighted by molar-refractivity contribution is 7.80. The van der Waals surface area contributed by atoms with Crippen LogP contribution in [0.1, 0.15) is 37.5 Å². The average Bonchev–Trinajstić information content (AvgIpc) is 2.32. The molecule has 18 heavy (non-hydrogen) atoms. The number of hydrogen-bond donors (Lipinski definition) is 1. The van der Waals surface area contributed by atoms with Gasteiger partial charge in [-0.15, -0.1) is 12.6 Å². The van der Waals surface area contributed by atoms with Crippen LogP contribution >= 0.6 is 12.6 Å². The van der Waals surface area contributed by atoms with Gasteiger partial charge in [0.1, 0.15) is 0 Å². The molecule has 2 aromatic rings. The molecule has 2 aromatic carbocycles. The lowest BCUT2D eigenvalue weighted by Gasteiger charge is -2.19. The molecule has 94 valence electrons. The highest BCUT2D eigenvalue weighted by Crippen LogP contribution is 2.23. The normalized spacial score (nSPS) is 11.6. The van der Waals surface area contributed by atoms with Crippen molar-refractivity contribution in [3.05, 3.63) is 65.2 Å². The van der Waals surface area contributed by atoms with Gasteiger partial charge in [0.05, 0.1) is 0 Å². The summed E-state index contributed by atoms with van der Waals surface area (Å²) in [6, 6.07) is 17.3. The first-order valence-corrected chi connectivity index (χ1v) is 6.77. The highest BCUT2D eigenvalue weighted by atomic mass is 32.1. The van der Waals surface area contributed by atoms with Gasteiger partial charge in [-0.3, -0.25) is 0 Å². The molecule has 0 aromatic heterocycles. The first kappa shape index (κ1) is 13.2. The van der Waals surface area contributed by atoms with E-state index in [4.69, 9.17) is 0 Å². The van der Waals surface area contributed by atoms with Crippen molar-refractivity contribution in [3.63, 3.8) is 0 Å². The third-order valence-corrected chi connectivity index (χ3v) is 3.46. The molecule has 0 amide bonds. The topological polar surface area (TPSA) is 0 Å². The molecule has 1 heteroatoms. The molecule has 0 heterocycles. The average molecular weight is 256 g/mol. The molecule has 0 unspecified atom stereocenters. The summed E-state index contributed by atoms with van der Waals surface area (Å²) < 4.78 is 0. The van der Waals surface area contributed by atoms with Gasteiger partial charge in [-0.05, 0) is 40.7 Å². The van der Waals surface area contributed by atoms with E-state index >= 15 is 0 Å². The van der Waals surface area contributed by atoms with Crippen molar-refractivity contribution < 1.29 is 0 Å². The van der Waals surface area contributed by atoms with E-state index in [1.165, 1.54) is 16.7 Å². The lowest BCUT2D eigenvalue weighted by Crippen LogP contribution is -2.10. The molecule has 0 radical (unpaired) electrons. The van der Waals surface area contributed by atoms with Gasteiger partial charge in [0, 0.05) is 4.90 Å². The predicted octanol–water partition coefficient (Wildman–Crippen LogP) is 4.86. The molecule has 0 N–H and O–H groups in total. The zero-order valence-electron chi connectivity index (χ0n) is 11.3. The number of hydrogen-bond acceptors (Lipinski definition) is 1. The Labute approximate surface area is 115 Å². The summed E-state index contributed by atoms with van der Waals surface area (Å²) in [6.45, 7) is 6.73. The zero-order chi connectivity index (χ0) is 13.2. The van der Waals surface area contributed by atoms with Crippen LogP contribution < -0.4 is 0 Å². The fourth-order valence-corrected chi connectivity index (χ4v) is 2.12. The second kappa shape index (κ2) is 5.19. The Bertz CT molecular complexity index is 501. The van der Waals surface area contributed by atoms with Crippen molar-refractivity contribution in [1.29, 1.82) is 0 Å². The Kier molecular flexibility index (Phi) is 3.82. The Hall–Kier alpha value is -1.21. The lowest BCUT2D eigenvalue weighted by molar-refractivity contribution is 0.590. The van der Waals surface area contributed by atoms with Crippen LogP contribution in [0.5, 0.6) is 0 Å². The van der Waals surface area contributed by atoms with E-state index in [0.717, 1.165) is 11.3 Å². The first-order chi connectivity index (χ1) is 8.45. The molecule has 0 saturated heterocycles. The third kappa shape index (κ3) is 3.39. The quantitative estimate of drug-likeness (QED) is 0.729.